The Balaban J connectivity index is 2.13. The van der Waals surface area contributed by atoms with Crippen LogP contribution in [0.25, 0.3) is 6.08 Å². The lowest BCUT2D eigenvalue weighted by Crippen LogP contribution is -2.17. The monoisotopic (exact) mass is 354 g/mol. The summed E-state index contributed by atoms with van der Waals surface area (Å²) in [6, 6.07) is 5.44. The van der Waals surface area contributed by atoms with E-state index in [1.54, 1.807) is 16.1 Å². The van der Waals surface area contributed by atoms with Gasteiger partial charge in [-0.15, -0.1) is 0 Å². The van der Waals surface area contributed by atoms with Crippen molar-refractivity contribution in [2.75, 3.05) is 11.9 Å². The molecule has 130 valence electrons. The fraction of sp³-hybridized carbons (Fsp3) is 0.150. The van der Waals surface area contributed by atoms with Crippen molar-refractivity contribution in [1.29, 1.82) is 0 Å². The highest BCUT2D eigenvalue weighted by Crippen LogP contribution is 2.33. The Labute approximate surface area is 149 Å². The number of nitrogens with zero attached hydrogens (tertiary/aromatic N) is 1. The topological polar surface area (TPSA) is 43.3 Å². The molecule has 0 saturated heterocycles. The standard InChI is InChI=1S/C20H22N2O2S/c1-6-7-8-19-16(4)14(2)12-22(19)25(5,23)17-9-10-20-18(11-17)21-15(3)13-24-20/h6-12,21H,1,3,5,13H2,2,4H3/b8-7-. The smallest absolute Gasteiger partial charge is 0.143 e. The third-order valence-electron chi connectivity index (χ3n) is 4.26. The van der Waals surface area contributed by atoms with Crippen molar-refractivity contribution >= 4 is 27.3 Å². The lowest BCUT2D eigenvalue weighted by atomic mass is 10.2. The number of nitrogens with one attached hydrogen (secondary N) is 1. The first-order valence-electron chi connectivity index (χ1n) is 7.91. The summed E-state index contributed by atoms with van der Waals surface area (Å²) in [5.41, 5.74) is 4.52. The Hall–Kier alpha value is -2.66. The van der Waals surface area contributed by atoms with Gasteiger partial charge in [0.1, 0.15) is 12.4 Å². The molecule has 0 fully saturated rings. The van der Waals surface area contributed by atoms with Crippen LogP contribution in [0.15, 0.2) is 60.3 Å². The molecule has 0 radical (unpaired) electrons. The molecule has 0 spiro atoms. The van der Waals surface area contributed by atoms with Gasteiger partial charge in [-0.3, -0.25) is 3.97 Å². The van der Waals surface area contributed by atoms with Crippen molar-refractivity contribution in [3.63, 3.8) is 0 Å². The summed E-state index contributed by atoms with van der Waals surface area (Å²) in [6.07, 6.45) is 7.32. The second-order valence-corrected chi connectivity index (χ2v) is 8.20. The lowest BCUT2D eigenvalue weighted by Gasteiger charge is -2.22. The van der Waals surface area contributed by atoms with Crippen molar-refractivity contribution in [3.8, 4) is 5.75 Å². The number of hydrogen-bond donors (Lipinski definition) is 1. The van der Waals surface area contributed by atoms with Crippen molar-refractivity contribution in [1.82, 2.24) is 3.97 Å². The molecule has 1 atom stereocenters. The van der Waals surface area contributed by atoms with Crippen LogP contribution in [0.5, 0.6) is 5.75 Å². The molecule has 0 amide bonds. The summed E-state index contributed by atoms with van der Waals surface area (Å²) in [6.45, 7) is 12.0. The van der Waals surface area contributed by atoms with Crippen molar-refractivity contribution in [2.24, 2.45) is 0 Å². The van der Waals surface area contributed by atoms with Crippen LogP contribution in [-0.4, -0.2) is 20.7 Å². The number of fused-ring (bicyclic) bond motifs is 1. The number of aryl methyl sites for hydroxylation is 1. The molecule has 25 heavy (non-hydrogen) atoms. The Kier molecular flexibility index (Phi) is 4.35. The molecule has 5 heteroatoms. The quantitative estimate of drug-likeness (QED) is 0.662. The van der Waals surface area contributed by atoms with Gasteiger partial charge in [-0.1, -0.05) is 25.3 Å². The van der Waals surface area contributed by atoms with E-state index in [4.69, 9.17) is 4.74 Å². The molecule has 4 nitrogen and oxygen atoms in total. The highest BCUT2D eigenvalue weighted by atomic mass is 32.2. The summed E-state index contributed by atoms with van der Waals surface area (Å²) in [5.74, 6) is 4.76. The minimum atomic E-state index is -2.75. The number of aromatic nitrogens is 1. The summed E-state index contributed by atoms with van der Waals surface area (Å²) in [5, 5.41) is 3.18. The Morgan fingerprint density at radius 2 is 2.12 bits per heavy atom. The highest BCUT2D eigenvalue weighted by Gasteiger charge is 2.20. The number of hydrogen-bond acceptors (Lipinski definition) is 3. The van der Waals surface area contributed by atoms with Crippen LogP contribution in [0.2, 0.25) is 0 Å². The largest absolute Gasteiger partial charge is 0.485 e. The van der Waals surface area contributed by atoms with Crippen LogP contribution in [-0.2, 0) is 9.71 Å². The molecule has 1 aliphatic heterocycles. The molecule has 1 aliphatic rings. The average Bonchev–Trinajstić information content (AvgIpc) is 2.87. The van der Waals surface area contributed by atoms with E-state index >= 15 is 0 Å². The second kappa shape index (κ2) is 6.33. The van der Waals surface area contributed by atoms with Gasteiger partial charge in [0.25, 0.3) is 0 Å². The maximum absolute atomic E-state index is 13.6. The zero-order valence-corrected chi connectivity index (χ0v) is 15.4. The number of allylic oxidation sites excluding steroid dienone is 2. The van der Waals surface area contributed by atoms with E-state index in [1.165, 1.54) is 0 Å². The fourth-order valence-electron chi connectivity index (χ4n) is 2.75. The molecule has 0 saturated carbocycles. The van der Waals surface area contributed by atoms with Crippen molar-refractivity contribution in [2.45, 2.75) is 18.7 Å². The van der Waals surface area contributed by atoms with Crippen LogP contribution < -0.4 is 10.1 Å². The predicted octanol–water partition coefficient (Wildman–Crippen LogP) is 4.16. The summed E-state index contributed by atoms with van der Waals surface area (Å²) in [4.78, 5) is 0.625. The number of rotatable bonds is 4. The van der Waals surface area contributed by atoms with E-state index in [1.807, 2.05) is 44.3 Å². The van der Waals surface area contributed by atoms with Crippen LogP contribution in [0, 0.1) is 13.8 Å². The molecule has 1 aromatic carbocycles. The Bertz CT molecular complexity index is 995. The van der Waals surface area contributed by atoms with Gasteiger partial charge < -0.3 is 10.1 Å². The Morgan fingerprint density at radius 1 is 1.36 bits per heavy atom. The minimum Gasteiger partial charge on any atom is -0.485 e. The number of benzene rings is 1. The van der Waals surface area contributed by atoms with Crippen LogP contribution in [0.3, 0.4) is 0 Å². The molecule has 2 heterocycles. The number of ether oxygens (including phenoxy) is 1. The normalized spacial score (nSPS) is 16.0. The third-order valence-corrected chi connectivity index (χ3v) is 6.19. The van der Waals surface area contributed by atoms with Crippen molar-refractivity contribution < 1.29 is 8.95 Å². The predicted molar refractivity (Wildman–Crippen MR) is 107 cm³/mol. The first-order chi connectivity index (χ1) is 11.8. The second-order valence-electron chi connectivity index (χ2n) is 6.06. The summed E-state index contributed by atoms with van der Waals surface area (Å²) in [7, 11) is -2.75. The van der Waals surface area contributed by atoms with Crippen molar-refractivity contribution in [3.05, 3.63) is 72.2 Å². The van der Waals surface area contributed by atoms with Gasteiger partial charge in [0.2, 0.25) is 0 Å². The van der Waals surface area contributed by atoms with E-state index < -0.39 is 9.71 Å². The van der Waals surface area contributed by atoms with Gasteiger partial charge in [-0.2, -0.15) is 0 Å². The first-order valence-corrected chi connectivity index (χ1v) is 9.60. The molecule has 3 rings (SSSR count). The van der Waals surface area contributed by atoms with Gasteiger partial charge in [0, 0.05) is 11.9 Å². The fourth-order valence-corrected chi connectivity index (χ4v) is 4.40. The van der Waals surface area contributed by atoms with Crippen LogP contribution >= 0.6 is 0 Å². The van der Waals surface area contributed by atoms with Gasteiger partial charge in [0.05, 0.1) is 26.0 Å². The average molecular weight is 354 g/mol. The zero-order valence-electron chi connectivity index (χ0n) is 14.5. The van der Waals surface area contributed by atoms with Gasteiger partial charge in [-0.05, 0) is 55.1 Å². The van der Waals surface area contributed by atoms with E-state index in [2.05, 4.69) is 24.3 Å². The summed E-state index contributed by atoms with van der Waals surface area (Å²) >= 11 is 0. The maximum Gasteiger partial charge on any atom is 0.143 e. The van der Waals surface area contributed by atoms with Crippen LogP contribution in [0.4, 0.5) is 5.69 Å². The van der Waals surface area contributed by atoms with E-state index in [0.29, 0.717) is 11.5 Å². The molecule has 1 N–H and O–H groups in total. The van der Waals surface area contributed by atoms with Gasteiger partial charge in [0.15, 0.2) is 0 Å². The van der Waals surface area contributed by atoms with E-state index in [0.717, 1.165) is 34.0 Å². The van der Waals surface area contributed by atoms with Gasteiger partial charge in [-0.25, -0.2) is 4.21 Å². The molecular weight excluding hydrogens is 332 g/mol. The highest BCUT2D eigenvalue weighted by molar-refractivity contribution is 7.99. The molecule has 1 unspecified atom stereocenters. The minimum absolute atomic E-state index is 0.429. The molecular formula is C20H22N2O2S. The van der Waals surface area contributed by atoms with Crippen LogP contribution in [0.1, 0.15) is 16.8 Å². The van der Waals surface area contributed by atoms with E-state index in [9.17, 15) is 4.21 Å². The molecule has 2 aromatic rings. The maximum atomic E-state index is 13.6. The van der Waals surface area contributed by atoms with Gasteiger partial charge >= 0.3 is 0 Å². The SMILES string of the molecule is C=C/C=C\c1c(C)c(C)cn1S(=C)(=O)c1ccc2c(c1)NC(=C)CO2. The molecule has 0 aliphatic carbocycles. The molecule has 1 aromatic heterocycles. The Morgan fingerprint density at radius 3 is 2.84 bits per heavy atom. The number of anilines is 1. The summed E-state index contributed by atoms with van der Waals surface area (Å²) < 4.78 is 21.0. The third kappa shape index (κ3) is 3.03. The lowest BCUT2D eigenvalue weighted by molar-refractivity contribution is 0.346. The first kappa shape index (κ1) is 17.2. The molecule has 0 bridgehead atoms. The zero-order chi connectivity index (χ0) is 18.2. The van der Waals surface area contributed by atoms with E-state index in [-0.39, 0.29) is 0 Å².